The molecule has 3 aromatic rings. The molecule has 0 bridgehead atoms. The number of aryl methyl sites for hydroxylation is 2. The highest BCUT2D eigenvalue weighted by Crippen LogP contribution is 2.32. The molecule has 0 spiro atoms. The van der Waals surface area contributed by atoms with E-state index in [-0.39, 0.29) is 16.4 Å². The van der Waals surface area contributed by atoms with E-state index < -0.39 is 5.82 Å². The molecule has 3 nitrogen and oxygen atoms in total. The van der Waals surface area contributed by atoms with Gasteiger partial charge in [0.1, 0.15) is 5.82 Å². The summed E-state index contributed by atoms with van der Waals surface area (Å²) in [5, 5.41) is 5.18. The molecule has 0 saturated carbocycles. The van der Waals surface area contributed by atoms with E-state index in [1.807, 2.05) is 18.2 Å². The maximum Gasteiger partial charge on any atom is 0.186 e. The molecule has 0 atom stereocenters. The average Bonchev–Trinajstić information content (AvgIpc) is 2.89. The Kier molecular flexibility index (Phi) is 4.88. The van der Waals surface area contributed by atoms with Gasteiger partial charge >= 0.3 is 0 Å². The number of halogens is 3. The van der Waals surface area contributed by atoms with Crippen LogP contribution < -0.4 is 0 Å². The lowest BCUT2D eigenvalue weighted by molar-refractivity contribution is 0.629. The van der Waals surface area contributed by atoms with Gasteiger partial charge in [-0.05, 0) is 36.2 Å². The van der Waals surface area contributed by atoms with E-state index in [0.29, 0.717) is 10.8 Å². The third-order valence-electron chi connectivity index (χ3n) is 3.76. The molecule has 124 valence electrons. The molecule has 3 rings (SSSR count). The van der Waals surface area contributed by atoms with Gasteiger partial charge < -0.3 is 0 Å². The average molecular weight is 364 g/mol. The number of hydrogen-bond donors (Lipinski definition) is 0. The first-order valence-corrected chi connectivity index (χ1v) is 8.41. The van der Waals surface area contributed by atoms with Crippen molar-refractivity contribution in [2.45, 2.75) is 19.8 Å². The van der Waals surface area contributed by atoms with E-state index in [1.165, 1.54) is 11.6 Å². The summed E-state index contributed by atoms with van der Waals surface area (Å²) in [6.45, 7) is 2.12. The summed E-state index contributed by atoms with van der Waals surface area (Å²) in [4.78, 5) is 4.45. The molecule has 0 saturated heterocycles. The van der Waals surface area contributed by atoms with Crippen LogP contribution >= 0.6 is 23.2 Å². The Morgan fingerprint density at radius 2 is 1.92 bits per heavy atom. The number of hydrogen-bond acceptors (Lipinski definition) is 2. The second kappa shape index (κ2) is 6.91. The molecule has 1 heterocycles. The number of rotatable bonds is 4. The van der Waals surface area contributed by atoms with Crippen molar-refractivity contribution in [3.8, 4) is 22.8 Å². The molecule has 0 aliphatic rings. The van der Waals surface area contributed by atoms with Crippen molar-refractivity contribution >= 4 is 23.2 Å². The maximum atomic E-state index is 14.1. The summed E-state index contributed by atoms with van der Waals surface area (Å²) < 4.78 is 15.7. The fourth-order valence-corrected chi connectivity index (χ4v) is 3.16. The van der Waals surface area contributed by atoms with E-state index in [1.54, 1.807) is 23.9 Å². The Labute approximate surface area is 150 Å². The van der Waals surface area contributed by atoms with Crippen LogP contribution in [0.5, 0.6) is 0 Å². The van der Waals surface area contributed by atoms with Crippen LogP contribution in [-0.2, 0) is 13.5 Å². The van der Waals surface area contributed by atoms with Crippen LogP contribution in [-0.4, -0.2) is 14.8 Å². The molecule has 24 heavy (non-hydrogen) atoms. The van der Waals surface area contributed by atoms with Gasteiger partial charge in [-0.25, -0.2) is 14.1 Å². The van der Waals surface area contributed by atoms with Gasteiger partial charge in [-0.2, -0.15) is 5.10 Å². The zero-order valence-corrected chi connectivity index (χ0v) is 14.9. The van der Waals surface area contributed by atoms with E-state index >= 15 is 0 Å². The van der Waals surface area contributed by atoms with Crippen molar-refractivity contribution in [2.75, 3.05) is 0 Å². The maximum absolute atomic E-state index is 14.1. The van der Waals surface area contributed by atoms with Crippen molar-refractivity contribution in [1.29, 1.82) is 0 Å². The Bertz CT molecular complexity index is 870. The van der Waals surface area contributed by atoms with E-state index in [0.717, 1.165) is 18.4 Å². The first-order chi connectivity index (χ1) is 11.5. The van der Waals surface area contributed by atoms with Gasteiger partial charge in [0.2, 0.25) is 0 Å². The topological polar surface area (TPSA) is 30.7 Å². The van der Waals surface area contributed by atoms with Gasteiger partial charge in [-0.1, -0.05) is 48.7 Å². The van der Waals surface area contributed by atoms with Crippen LogP contribution in [0.25, 0.3) is 22.8 Å². The molecule has 0 radical (unpaired) electrons. The zero-order valence-electron chi connectivity index (χ0n) is 13.4. The van der Waals surface area contributed by atoms with Crippen LogP contribution in [0.1, 0.15) is 18.9 Å². The molecule has 2 aromatic carbocycles. The minimum absolute atomic E-state index is 0.194. The molecule has 1 aromatic heterocycles. The van der Waals surface area contributed by atoms with Crippen LogP contribution in [0.15, 0.2) is 36.4 Å². The molecule has 0 amide bonds. The molecule has 0 aliphatic carbocycles. The summed E-state index contributed by atoms with van der Waals surface area (Å²) in [5.74, 6) is 0.353. The number of benzene rings is 2. The summed E-state index contributed by atoms with van der Waals surface area (Å²) >= 11 is 12.5. The lowest BCUT2D eigenvalue weighted by Gasteiger charge is -2.05. The second-order valence-corrected chi connectivity index (χ2v) is 6.36. The lowest BCUT2D eigenvalue weighted by atomic mass is 10.1. The van der Waals surface area contributed by atoms with Gasteiger partial charge in [-0.15, -0.1) is 0 Å². The second-order valence-electron chi connectivity index (χ2n) is 5.54. The van der Waals surface area contributed by atoms with Gasteiger partial charge in [0, 0.05) is 12.6 Å². The first kappa shape index (κ1) is 16.9. The van der Waals surface area contributed by atoms with Crippen molar-refractivity contribution in [3.63, 3.8) is 0 Å². The minimum atomic E-state index is -0.455. The van der Waals surface area contributed by atoms with Crippen LogP contribution in [0.4, 0.5) is 4.39 Å². The Hall–Kier alpha value is -1.91. The number of aromatic nitrogens is 3. The Morgan fingerprint density at radius 1 is 1.12 bits per heavy atom. The van der Waals surface area contributed by atoms with Gasteiger partial charge in [-0.3, -0.25) is 0 Å². The zero-order chi connectivity index (χ0) is 17.3. The van der Waals surface area contributed by atoms with Crippen molar-refractivity contribution in [1.82, 2.24) is 14.8 Å². The molecule has 0 aliphatic heterocycles. The largest absolute Gasteiger partial charge is 0.248 e. The predicted molar refractivity (Wildman–Crippen MR) is 95.8 cm³/mol. The fraction of sp³-hybridized carbons (Fsp3) is 0.222. The van der Waals surface area contributed by atoms with E-state index in [9.17, 15) is 4.39 Å². The molecular weight excluding hydrogens is 348 g/mol. The molecule has 0 fully saturated rings. The molecule has 0 N–H and O–H groups in total. The first-order valence-electron chi connectivity index (χ1n) is 7.65. The highest BCUT2D eigenvalue weighted by Gasteiger charge is 2.18. The Morgan fingerprint density at radius 3 is 2.58 bits per heavy atom. The van der Waals surface area contributed by atoms with E-state index in [2.05, 4.69) is 17.0 Å². The quantitative estimate of drug-likeness (QED) is 0.608. The third kappa shape index (κ3) is 3.17. The van der Waals surface area contributed by atoms with Crippen molar-refractivity contribution in [2.24, 2.45) is 7.05 Å². The predicted octanol–water partition coefficient (Wildman–Crippen LogP) is 5.55. The number of nitrogens with zero attached hydrogens (tertiary/aromatic N) is 3. The highest BCUT2D eigenvalue weighted by atomic mass is 35.5. The van der Waals surface area contributed by atoms with Crippen LogP contribution in [0.3, 0.4) is 0 Å². The van der Waals surface area contributed by atoms with Crippen LogP contribution in [0, 0.1) is 5.82 Å². The monoisotopic (exact) mass is 363 g/mol. The van der Waals surface area contributed by atoms with Crippen LogP contribution in [0.2, 0.25) is 10.0 Å². The SMILES string of the molecule is CCCc1ccc(-c2nc(-c3c(F)cccc3Cl)nn2C)c(Cl)c1. The smallest absolute Gasteiger partial charge is 0.186 e. The van der Waals surface area contributed by atoms with Gasteiger partial charge in [0.05, 0.1) is 15.6 Å². The van der Waals surface area contributed by atoms with E-state index in [4.69, 9.17) is 23.2 Å². The third-order valence-corrected chi connectivity index (χ3v) is 4.39. The summed E-state index contributed by atoms with van der Waals surface area (Å²) in [5.41, 5.74) is 2.12. The summed E-state index contributed by atoms with van der Waals surface area (Å²) in [6, 6.07) is 10.4. The lowest BCUT2D eigenvalue weighted by Crippen LogP contribution is -1.96. The highest BCUT2D eigenvalue weighted by molar-refractivity contribution is 6.33. The van der Waals surface area contributed by atoms with Crippen molar-refractivity contribution < 1.29 is 4.39 Å². The summed E-state index contributed by atoms with van der Waals surface area (Å²) in [6.07, 6.45) is 2.02. The molecular formula is C18H16Cl2FN3. The standard InChI is InChI=1S/C18H16Cl2FN3/c1-3-5-11-8-9-12(14(20)10-11)18-22-17(23-24(18)2)16-13(19)6-4-7-15(16)21/h4,6-10H,3,5H2,1-2H3. The molecule has 0 unspecified atom stereocenters. The minimum Gasteiger partial charge on any atom is -0.248 e. The Balaban J connectivity index is 2.07. The van der Waals surface area contributed by atoms with Gasteiger partial charge in [0.25, 0.3) is 0 Å². The fourth-order valence-electron chi connectivity index (χ4n) is 2.62. The van der Waals surface area contributed by atoms with Gasteiger partial charge in [0.15, 0.2) is 11.6 Å². The summed E-state index contributed by atoms with van der Waals surface area (Å²) in [7, 11) is 1.75. The van der Waals surface area contributed by atoms with Crippen molar-refractivity contribution in [3.05, 3.63) is 57.8 Å². The molecule has 6 heteroatoms. The normalized spacial score (nSPS) is 11.0.